The molecular weight excluding hydrogens is 250 g/mol. The Labute approximate surface area is 123 Å². The minimum Gasteiger partial charge on any atom is -0.496 e. The highest BCUT2D eigenvalue weighted by Crippen LogP contribution is 2.21. The van der Waals surface area contributed by atoms with Crippen molar-refractivity contribution in [1.82, 2.24) is 0 Å². The van der Waals surface area contributed by atoms with Crippen LogP contribution in [0, 0.1) is 5.92 Å². The molecule has 3 nitrogen and oxygen atoms in total. The summed E-state index contributed by atoms with van der Waals surface area (Å²) in [6, 6.07) is 6.04. The maximum Gasteiger partial charge on any atom is 0.124 e. The van der Waals surface area contributed by atoms with Crippen LogP contribution in [0.2, 0.25) is 0 Å². The third-order valence-electron chi connectivity index (χ3n) is 3.73. The van der Waals surface area contributed by atoms with E-state index in [2.05, 4.69) is 19.9 Å². The summed E-state index contributed by atoms with van der Waals surface area (Å²) in [6.45, 7) is 6.44. The predicted octanol–water partition coefficient (Wildman–Crippen LogP) is 3.89. The molecule has 0 bridgehead atoms. The molecule has 0 amide bonds. The fraction of sp³-hybridized carbons (Fsp3) is 0.647. The minimum absolute atomic E-state index is 0.547. The lowest BCUT2D eigenvalue weighted by atomic mass is 10.0. The zero-order valence-corrected chi connectivity index (χ0v) is 13.2. The van der Waals surface area contributed by atoms with Crippen LogP contribution < -0.4 is 10.5 Å². The van der Waals surface area contributed by atoms with Crippen molar-refractivity contribution in [2.75, 3.05) is 13.7 Å². The number of nitrogens with two attached hydrogens (primary N) is 1. The summed E-state index contributed by atoms with van der Waals surface area (Å²) >= 11 is 0. The smallest absolute Gasteiger partial charge is 0.124 e. The van der Waals surface area contributed by atoms with Crippen molar-refractivity contribution in [3.8, 4) is 5.75 Å². The maximum atomic E-state index is 5.89. The zero-order valence-electron chi connectivity index (χ0n) is 13.2. The Morgan fingerprint density at radius 3 is 2.65 bits per heavy atom. The van der Waals surface area contributed by atoms with Gasteiger partial charge in [0.05, 0.1) is 13.7 Å². The molecule has 1 rings (SSSR count). The third kappa shape index (κ3) is 5.51. The van der Waals surface area contributed by atoms with Gasteiger partial charge in [-0.3, -0.25) is 0 Å². The zero-order chi connectivity index (χ0) is 14.8. The van der Waals surface area contributed by atoms with Crippen molar-refractivity contribution in [2.45, 2.75) is 52.7 Å². The Bertz CT molecular complexity index is 379. The average molecular weight is 279 g/mol. The van der Waals surface area contributed by atoms with Crippen LogP contribution in [0.15, 0.2) is 18.2 Å². The summed E-state index contributed by atoms with van der Waals surface area (Å²) < 4.78 is 11.3. The van der Waals surface area contributed by atoms with Crippen LogP contribution in [0.5, 0.6) is 5.75 Å². The van der Waals surface area contributed by atoms with Crippen molar-refractivity contribution < 1.29 is 9.47 Å². The van der Waals surface area contributed by atoms with E-state index in [0.29, 0.717) is 19.1 Å². The molecule has 1 aromatic rings. The monoisotopic (exact) mass is 279 g/mol. The average Bonchev–Trinajstić information content (AvgIpc) is 2.50. The van der Waals surface area contributed by atoms with Crippen molar-refractivity contribution in [3.63, 3.8) is 0 Å². The molecule has 2 N–H and O–H groups in total. The van der Waals surface area contributed by atoms with Crippen molar-refractivity contribution >= 4 is 0 Å². The van der Waals surface area contributed by atoms with E-state index >= 15 is 0 Å². The molecule has 114 valence electrons. The Kier molecular flexibility index (Phi) is 8.31. The molecular formula is C17H29NO2. The van der Waals surface area contributed by atoms with Crippen LogP contribution in [0.25, 0.3) is 0 Å². The van der Waals surface area contributed by atoms with Gasteiger partial charge >= 0.3 is 0 Å². The molecule has 0 aliphatic heterocycles. The van der Waals surface area contributed by atoms with E-state index in [1.165, 1.54) is 25.7 Å². The summed E-state index contributed by atoms with van der Waals surface area (Å²) in [5.74, 6) is 1.54. The lowest BCUT2D eigenvalue weighted by Crippen LogP contribution is -2.09. The number of hydrogen-bond acceptors (Lipinski definition) is 3. The standard InChI is InChI=1S/C17H29NO2/c1-4-6-7-14(5-2)12-20-13-16-10-15(11-18)8-9-17(16)19-3/h8-10,14H,4-7,11-13,18H2,1-3H3. The summed E-state index contributed by atoms with van der Waals surface area (Å²) in [6.07, 6.45) is 4.98. The first-order valence-electron chi connectivity index (χ1n) is 7.68. The first-order chi connectivity index (χ1) is 9.74. The molecule has 1 aromatic carbocycles. The van der Waals surface area contributed by atoms with Gasteiger partial charge in [0.2, 0.25) is 0 Å². The van der Waals surface area contributed by atoms with Crippen LogP contribution >= 0.6 is 0 Å². The highest BCUT2D eigenvalue weighted by molar-refractivity contribution is 5.36. The van der Waals surface area contributed by atoms with Gasteiger partial charge in [0.25, 0.3) is 0 Å². The lowest BCUT2D eigenvalue weighted by Gasteiger charge is -2.16. The maximum absolute atomic E-state index is 5.89. The van der Waals surface area contributed by atoms with Gasteiger partial charge in [-0.1, -0.05) is 39.2 Å². The van der Waals surface area contributed by atoms with Gasteiger partial charge in [0.1, 0.15) is 5.75 Å². The van der Waals surface area contributed by atoms with Crippen LogP contribution in [-0.4, -0.2) is 13.7 Å². The summed E-state index contributed by atoms with van der Waals surface area (Å²) in [7, 11) is 1.69. The highest BCUT2D eigenvalue weighted by Gasteiger charge is 2.08. The van der Waals surface area contributed by atoms with E-state index in [-0.39, 0.29) is 0 Å². The van der Waals surface area contributed by atoms with Gasteiger partial charge in [0.15, 0.2) is 0 Å². The quantitative estimate of drug-likeness (QED) is 0.706. The van der Waals surface area contributed by atoms with E-state index in [1.54, 1.807) is 7.11 Å². The largest absolute Gasteiger partial charge is 0.496 e. The van der Waals surface area contributed by atoms with Crippen molar-refractivity contribution in [1.29, 1.82) is 0 Å². The van der Waals surface area contributed by atoms with E-state index < -0.39 is 0 Å². The fourth-order valence-corrected chi connectivity index (χ4v) is 2.31. The van der Waals surface area contributed by atoms with Gasteiger partial charge in [-0.05, 0) is 30.0 Å². The Morgan fingerprint density at radius 1 is 1.25 bits per heavy atom. The second-order valence-electron chi connectivity index (χ2n) is 5.28. The van der Waals surface area contributed by atoms with Gasteiger partial charge in [-0.25, -0.2) is 0 Å². The summed E-state index contributed by atoms with van der Waals surface area (Å²) in [5, 5.41) is 0. The lowest BCUT2D eigenvalue weighted by molar-refractivity contribution is 0.0806. The third-order valence-corrected chi connectivity index (χ3v) is 3.73. The minimum atomic E-state index is 0.547. The Balaban J connectivity index is 2.51. The van der Waals surface area contributed by atoms with E-state index in [0.717, 1.165) is 23.5 Å². The molecule has 1 atom stereocenters. The van der Waals surface area contributed by atoms with E-state index in [4.69, 9.17) is 15.2 Å². The second kappa shape index (κ2) is 9.78. The Hall–Kier alpha value is -1.06. The number of ether oxygens (including phenoxy) is 2. The van der Waals surface area contributed by atoms with Crippen LogP contribution in [-0.2, 0) is 17.9 Å². The summed E-state index contributed by atoms with van der Waals surface area (Å²) in [4.78, 5) is 0. The van der Waals surface area contributed by atoms with Crippen molar-refractivity contribution in [3.05, 3.63) is 29.3 Å². The molecule has 0 heterocycles. The second-order valence-corrected chi connectivity index (χ2v) is 5.28. The van der Waals surface area contributed by atoms with Crippen LogP contribution in [0.1, 0.15) is 50.7 Å². The Morgan fingerprint density at radius 2 is 2.05 bits per heavy atom. The first kappa shape index (κ1) is 17.0. The topological polar surface area (TPSA) is 44.5 Å². The van der Waals surface area contributed by atoms with Gasteiger partial charge < -0.3 is 15.2 Å². The van der Waals surface area contributed by atoms with Crippen molar-refractivity contribution in [2.24, 2.45) is 11.7 Å². The number of unbranched alkanes of at least 4 members (excludes halogenated alkanes) is 1. The first-order valence-corrected chi connectivity index (χ1v) is 7.68. The number of rotatable bonds is 10. The molecule has 3 heteroatoms. The molecule has 20 heavy (non-hydrogen) atoms. The SMILES string of the molecule is CCCCC(CC)COCc1cc(CN)ccc1OC. The fourth-order valence-electron chi connectivity index (χ4n) is 2.31. The van der Waals surface area contributed by atoms with E-state index in [9.17, 15) is 0 Å². The summed E-state index contributed by atoms with van der Waals surface area (Å²) in [5.41, 5.74) is 7.88. The molecule has 0 spiro atoms. The molecule has 0 aromatic heterocycles. The molecule has 0 saturated heterocycles. The highest BCUT2D eigenvalue weighted by atomic mass is 16.5. The number of hydrogen-bond donors (Lipinski definition) is 1. The molecule has 0 radical (unpaired) electrons. The molecule has 0 aliphatic carbocycles. The predicted molar refractivity (Wildman–Crippen MR) is 83.8 cm³/mol. The van der Waals surface area contributed by atoms with Gasteiger partial charge in [-0.15, -0.1) is 0 Å². The molecule has 0 saturated carbocycles. The molecule has 1 unspecified atom stereocenters. The van der Waals surface area contributed by atoms with Crippen LogP contribution in [0.3, 0.4) is 0 Å². The number of methoxy groups -OCH3 is 1. The number of benzene rings is 1. The molecule has 0 fully saturated rings. The van der Waals surface area contributed by atoms with Gasteiger partial charge in [0, 0.05) is 18.7 Å². The normalized spacial score (nSPS) is 12.4. The van der Waals surface area contributed by atoms with Gasteiger partial charge in [-0.2, -0.15) is 0 Å². The molecule has 0 aliphatic rings. The van der Waals surface area contributed by atoms with Crippen LogP contribution in [0.4, 0.5) is 0 Å². The van der Waals surface area contributed by atoms with E-state index in [1.807, 2.05) is 12.1 Å².